The molecule has 32 heavy (non-hydrogen) atoms. The number of aromatic nitrogens is 1. The molecule has 0 bridgehead atoms. The molecule has 4 rings (SSSR count). The second kappa shape index (κ2) is 9.24. The molecule has 0 radical (unpaired) electrons. The Kier molecular flexibility index (Phi) is 6.58. The largest absolute Gasteiger partial charge is 0.378 e. The average molecular weight is 455 g/mol. The highest BCUT2D eigenvalue weighted by Gasteiger charge is 2.43. The number of nitrogens with zero attached hydrogens (tertiary/aromatic N) is 1. The van der Waals surface area contributed by atoms with Gasteiger partial charge in [0.1, 0.15) is 21.6 Å². The van der Waals surface area contributed by atoms with E-state index in [1.807, 2.05) is 32.9 Å². The highest BCUT2D eigenvalue weighted by molar-refractivity contribution is 7.13. The van der Waals surface area contributed by atoms with E-state index in [2.05, 4.69) is 10.3 Å². The van der Waals surface area contributed by atoms with Gasteiger partial charge in [0.2, 0.25) is 0 Å². The Morgan fingerprint density at radius 2 is 1.88 bits per heavy atom. The van der Waals surface area contributed by atoms with Crippen LogP contribution in [0.1, 0.15) is 80.1 Å². The summed E-state index contributed by atoms with van der Waals surface area (Å²) in [5, 5.41) is 3.76. The van der Waals surface area contributed by atoms with Gasteiger partial charge in [-0.3, -0.25) is 14.4 Å². The van der Waals surface area contributed by atoms with E-state index < -0.39 is 5.92 Å². The molecule has 170 valence electrons. The van der Waals surface area contributed by atoms with Gasteiger partial charge in [0.25, 0.3) is 5.91 Å². The number of aryl methyl sites for hydroxylation is 3. The second-order valence-electron chi connectivity index (χ2n) is 9.09. The number of ether oxygens (including phenoxy) is 1. The number of Topliss-reactive ketones (excluding diaryl/α,β-unsaturated/α-hetero) is 2. The summed E-state index contributed by atoms with van der Waals surface area (Å²) in [6.07, 6.45) is 2.85. The molecular formula is C25H30N2O4S. The van der Waals surface area contributed by atoms with Crippen LogP contribution in [0.25, 0.3) is 0 Å². The summed E-state index contributed by atoms with van der Waals surface area (Å²) in [4.78, 5) is 43.9. The van der Waals surface area contributed by atoms with Crippen LogP contribution in [0.15, 0.2) is 12.1 Å². The molecule has 2 aliphatic carbocycles. The Bertz CT molecular complexity index is 1050. The maximum Gasteiger partial charge on any atom is 0.263 e. The van der Waals surface area contributed by atoms with Crippen LogP contribution in [0.4, 0.5) is 0 Å². The number of carbonyl (C=O) groups is 3. The topological polar surface area (TPSA) is 85.4 Å². The summed E-state index contributed by atoms with van der Waals surface area (Å²) in [5.74, 6) is -0.821. The minimum absolute atomic E-state index is 0.0101. The highest BCUT2D eigenvalue weighted by atomic mass is 32.1. The van der Waals surface area contributed by atoms with E-state index in [9.17, 15) is 14.4 Å². The van der Waals surface area contributed by atoms with Crippen molar-refractivity contribution in [1.82, 2.24) is 10.3 Å². The minimum Gasteiger partial charge on any atom is -0.378 e. The van der Waals surface area contributed by atoms with Gasteiger partial charge in [0.15, 0.2) is 5.78 Å². The van der Waals surface area contributed by atoms with Gasteiger partial charge in [-0.15, -0.1) is 11.3 Å². The van der Waals surface area contributed by atoms with Crippen LogP contribution >= 0.6 is 11.3 Å². The smallest absolute Gasteiger partial charge is 0.263 e. The van der Waals surface area contributed by atoms with E-state index in [4.69, 9.17) is 4.74 Å². The van der Waals surface area contributed by atoms with Crippen LogP contribution in [0.2, 0.25) is 0 Å². The van der Waals surface area contributed by atoms with Crippen LogP contribution < -0.4 is 5.32 Å². The normalized spacial score (nSPS) is 20.8. The summed E-state index contributed by atoms with van der Waals surface area (Å²) in [6, 6.07) is 4.06. The Hall–Kier alpha value is -2.38. The number of ketones is 2. The van der Waals surface area contributed by atoms with Gasteiger partial charge in [-0.2, -0.15) is 0 Å². The predicted molar refractivity (Wildman–Crippen MR) is 123 cm³/mol. The van der Waals surface area contributed by atoms with Crippen molar-refractivity contribution in [3.63, 3.8) is 0 Å². The Morgan fingerprint density at radius 1 is 1.19 bits per heavy atom. The lowest BCUT2D eigenvalue weighted by Crippen LogP contribution is -2.27. The number of thiazole rings is 1. The molecule has 1 aromatic carbocycles. The quantitative estimate of drug-likeness (QED) is 0.606. The molecule has 2 fully saturated rings. The number of methoxy groups -OCH3 is 1. The van der Waals surface area contributed by atoms with Gasteiger partial charge in [-0.25, -0.2) is 4.98 Å². The number of nitrogens with one attached hydrogen (secondary N) is 1. The molecular weight excluding hydrogens is 424 g/mol. The van der Waals surface area contributed by atoms with Crippen LogP contribution in [-0.4, -0.2) is 36.1 Å². The molecule has 2 aliphatic rings. The fraction of sp³-hybridized carbons (Fsp3) is 0.520. The fourth-order valence-electron chi connectivity index (χ4n) is 4.85. The van der Waals surface area contributed by atoms with Crippen molar-refractivity contribution in [2.24, 2.45) is 5.92 Å². The number of rotatable bonds is 8. The predicted octanol–water partition coefficient (Wildman–Crippen LogP) is 4.15. The first-order valence-corrected chi connectivity index (χ1v) is 12.0. The molecule has 1 N–H and O–H groups in total. The number of hydrogen-bond acceptors (Lipinski definition) is 6. The third-order valence-electron chi connectivity index (χ3n) is 6.40. The van der Waals surface area contributed by atoms with Crippen molar-refractivity contribution in [3.05, 3.63) is 50.0 Å². The van der Waals surface area contributed by atoms with E-state index in [1.54, 1.807) is 7.11 Å². The second-order valence-corrected chi connectivity index (χ2v) is 10.2. The molecule has 2 unspecified atom stereocenters. The van der Waals surface area contributed by atoms with Crippen molar-refractivity contribution < 1.29 is 19.1 Å². The zero-order valence-corrected chi connectivity index (χ0v) is 19.9. The van der Waals surface area contributed by atoms with Crippen molar-refractivity contribution in [2.75, 3.05) is 13.7 Å². The van der Waals surface area contributed by atoms with Crippen molar-refractivity contribution in [2.45, 2.75) is 64.9 Å². The molecule has 0 saturated heterocycles. The number of benzene rings is 1. The lowest BCUT2D eigenvalue weighted by atomic mass is 9.86. The summed E-state index contributed by atoms with van der Waals surface area (Å²) >= 11 is 1.38. The monoisotopic (exact) mass is 454 g/mol. The number of amides is 1. The Balaban J connectivity index is 1.40. The zero-order chi connectivity index (χ0) is 23.0. The number of carbonyl (C=O) groups excluding carboxylic acids is 3. The van der Waals surface area contributed by atoms with Gasteiger partial charge in [-0.05, 0) is 56.7 Å². The van der Waals surface area contributed by atoms with Gasteiger partial charge in [-0.1, -0.05) is 17.7 Å². The van der Waals surface area contributed by atoms with E-state index in [-0.39, 0.29) is 29.8 Å². The number of hydrogen-bond donors (Lipinski definition) is 1. The van der Waals surface area contributed by atoms with Crippen LogP contribution in [0.5, 0.6) is 0 Å². The Labute approximate surface area is 192 Å². The van der Waals surface area contributed by atoms with Gasteiger partial charge >= 0.3 is 0 Å². The molecule has 2 atom stereocenters. The van der Waals surface area contributed by atoms with Crippen LogP contribution in [0, 0.1) is 26.7 Å². The minimum atomic E-state index is -0.670. The SMILES string of the molecule is COCc1nc(C2CC2)c(C(=O)NCCC2CC(=O)C(c3c(C)cc(C)cc3C)C2=O)s1. The summed E-state index contributed by atoms with van der Waals surface area (Å²) in [7, 11) is 1.62. The standard InChI is InChI=1S/C25H30N2O4S/c1-13-9-14(2)20(15(3)10-13)21-18(28)11-17(23(21)29)7-8-26-25(30)24-22(16-5-6-16)27-19(32-24)12-31-4/h9-10,16-17,21H,5-8,11-12H2,1-4H3,(H,26,30). The molecule has 1 amide bonds. The van der Waals surface area contributed by atoms with Crippen molar-refractivity contribution in [3.8, 4) is 0 Å². The molecule has 2 saturated carbocycles. The molecule has 0 aliphatic heterocycles. The summed E-state index contributed by atoms with van der Waals surface area (Å²) in [6.45, 7) is 6.71. The summed E-state index contributed by atoms with van der Waals surface area (Å²) < 4.78 is 5.16. The van der Waals surface area contributed by atoms with Crippen molar-refractivity contribution in [1.29, 1.82) is 0 Å². The van der Waals surface area contributed by atoms with Gasteiger partial charge in [0, 0.05) is 31.9 Å². The first-order chi connectivity index (χ1) is 15.3. The summed E-state index contributed by atoms with van der Waals surface area (Å²) in [5.41, 5.74) is 4.85. The van der Waals surface area contributed by atoms with E-state index in [0.29, 0.717) is 30.4 Å². The average Bonchev–Trinajstić information content (AvgIpc) is 3.43. The molecule has 7 heteroatoms. The lowest BCUT2D eigenvalue weighted by Gasteiger charge is -2.16. The maximum atomic E-state index is 13.1. The molecule has 2 aromatic rings. The fourth-order valence-corrected chi connectivity index (χ4v) is 5.89. The van der Waals surface area contributed by atoms with Crippen molar-refractivity contribution >= 4 is 28.8 Å². The third kappa shape index (κ3) is 4.55. The van der Waals surface area contributed by atoms with Gasteiger partial charge in [0.05, 0.1) is 12.3 Å². The third-order valence-corrected chi connectivity index (χ3v) is 7.44. The van der Waals surface area contributed by atoms with Crippen LogP contribution in [0.3, 0.4) is 0 Å². The van der Waals surface area contributed by atoms with E-state index in [1.165, 1.54) is 11.3 Å². The zero-order valence-electron chi connectivity index (χ0n) is 19.1. The molecule has 6 nitrogen and oxygen atoms in total. The van der Waals surface area contributed by atoms with E-state index in [0.717, 1.165) is 45.8 Å². The lowest BCUT2D eigenvalue weighted by molar-refractivity contribution is -0.124. The Morgan fingerprint density at radius 3 is 2.50 bits per heavy atom. The van der Waals surface area contributed by atoms with E-state index >= 15 is 0 Å². The van der Waals surface area contributed by atoms with Crippen LogP contribution in [-0.2, 0) is 20.9 Å². The first kappa shape index (κ1) is 22.8. The highest BCUT2D eigenvalue weighted by Crippen LogP contribution is 2.43. The van der Waals surface area contributed by atoms with Gasteiger partial charge < -0.3 is 10.1 Å². The molecule has 1 heterocycles. The molecule has 0 spiro atoms. The maximum absolute atomic E-state index is 13.1. The molecule has 1 aromatic heterocycles. The first-order valence-electron chi connectivity index (χ1n) is 11.2.